The number of carbonyl (C=O) groups is 1. The summed E-state index contributed by atoms with van der Waals surface area (Å²) in [6.45, 7) is 1.84. The maximum Gasteiger partial charge on any atom is 0.230 e. The third-order valence-electron chi connectivity index (χ3n) is 2.26. The molecule has 1 aromatic rings. The Labute approximate surface area is 104 Å². The van der Waals surface area contributed by atoms with Gasteiger partial charge in [-0.25, -0.2) is 4.39 Å². The molecule has 3 nitrogen and oxygen atoms in total. The lowest BCUT2D eigenvalue weighted by molar-refractivity contribution is -0.119. The van der Waals surface area contributed by atoms with E-state index < -0.39 is 0 Å². The fraction of sp³-hybridized carbons (Fsp3) is 0.417. The third kappa shape index (κ3) is 5.19. The summed E-state index contributed by atoms with van der Waals surface area (Å²) in [7, 11) is 0. The van der Waals surface area contributed by atoms with Gasteiger partial charge in [0.2, 0.25) is 5.91 Å². The van der Waals surface area contributed by atoms with Crippen LogP contribution in [0.3, 0.4) is 0 Å². The Kier molecular flexibility index (Phi) is 6.00. The van der Waals surface area contributed by atoms with Gasteiger partial charge in [-0.3, -0.25) is 4.79 Å². The molecule has 0 bridgehead atoms. The number of aliphatic hydroxyl groups is 1. The fourth-order valence-electron chi connectivity index (χ4n) is 1.23. The number of nitrogens with one attached hydrogen (secondary N) is 1. The number of amides is 1. The van der Waals surface area contributed by atoms with Gasteiger partial charge in [-0.1, -0.05) is 6.92 Å². The Morgan fingerprint density at radius 2 is 2.12 bits per heavy atom. The molecule has 0 spiro atoms. The van der Waals surface area contributed by atoms with Gasteiger partial charge in [0.05, 0.1) is 18.4 Å². The second-order valence-corrected chi connectivity index (χ2v) is 4.65. The molecule has 0 aliphatic rings. The molecule has 0 saturated heterocycles. The molecule has 1 amide bonds. The van der Waals surface area contributed by atoms with E-state index in [2.05, 4.69) is 5.32 Å². The van der Waals surface area contributed by atoms with Gasteiger partial charge in [-0.05, 0) is 30.7 Å². The lowest BCUT2D eigenvalue weighted by atomic mass is 10.2. The molecule has 1 atom stereocenters. The van der Waals surface area contributed by atoms with Crippen LogP contribution in [-0.2, 0) is 4.79 Å². The topological polar surface area (TPSA) is 49.3 Å². The summed E-state index contributed by atoms with van der Waals surface area (Å²) in [4.78, 5) is 12.3. The summed E-state index contributed by atoms with van der Waals surface area (Å²) >= 11 is 1.34. The smallest absolute Gasteiger partial charge is 0.230 e. The van der Waals surface area contributed by atoms with Gasteiger partial charge in [0.15, 0.2) is 0 Å². The lowest BCUT2D eigenvalue weighted by Crippen LogP contribution is -2.37. The number of benzene rings is 1. The summed E-state index contributed by atoms with van der Waals surface area (Å²) in [6.07, 6.45) is 0.698. The van der Waals surface area contributed by atoms with Crippen LogP contribution < -0.4 is 5.32 Å². The van der Waals surface area contributed by atoms with Crippen molar-refractivity contribution in [3.63, 3.8) is 0 Å². The molecule has 5 heteroatoms. The highest BCUT2D eigenvalue weighted by Crippen LogP contribution is 2.17. The molecule has 1 rings (SSSR count). The highest BCUT2D eigenvalue weighted by atomic mass is 32.2. The van der Waals surface area contributed by atoms with Gasteiger partial charge in [0, 0.05) is 4.90 Å². The molecular weight excluding hydrogens is 241 g/mol. The van der Waals surface area contributed by atoms with Crippen LogP contribution in [0.4, 0.5) is 4.39 Å². The Morgan fingerprint density at radius 3 is 2.65 bits per heavy atom. The predicted molar refractivity (Wildman–Crippen MR) is 66.4 cm³/mol. The first-order valence-electron chi connectivity index (χ1n) is 5.44. The van der Waals surface area contributed by atoms with Gasteiger partial charge in [-0.2, -0.15) is 0 Å². The van der Waals surface area contributed by atoms with Crippen LogP contribution in [0.1, 0.15) is 13.3 Å². The summed E-state index contributed by atoms with van der Waals surface area (Å²) in [5.41, 5.74) is 0. The van der Waals surface area contributed by atoms with E-state index >= 15 is 0 Å². The van der Waals surface area contributed by atoms with Gasteiger partial charge < -0.3 is 10.4 Å². The number of aliphatic hydroxyl groups excluding tert-OH is 1. The van der Waals surface area contributed by atoms with E-state index in [0.717, 1.165) is 4.90 Å². The Bertz CT molecular complexity index is 352. The Hall–Kier alpha value is -1.07. The number of rotatable bonds is 6. The molecule has 0 saturated carbocycles. The second-order valence-electron chi connectivity index (χ2n) is 3.60. The molecule has 0 aliphatic carbocycles. The van der Waals surface area contributed by atoms with Crippen molar-refractivity contribution in [3.05, 3.63) is 30.1 Å². The van der Waals surface area contributed by atoms with Crippen LogP contribution >= 0.6 is 11.8 Å². The molecule has 2 N–H and O–H groups in total. The van der Waals surface area contributed by atoms with Gasteiger partial charge in [0.25, 0.3) is 0 Å². The van der Waals surface area contributed by atoms with Crippen LogP contribution in [0.25, 0.3) is 0 Å². The zero-order valence-electron chi connectivity index (χ0n) is 9.65. The third-order valence-corrected chi connectivity index (χ3v) is 3.27. The van der Waals surface area contributed by atoms with Crippen LogP contribution in [-0.4, -0.2) is 29.4 Å². The van der Waals surface area contributed by atoms with Crippen molar-refractivity contribution in [1.29, 1.82) is 0 Å². The molecular formula is C12H16FNO2S. The first-order valence-corrected chi connectivity index (χ1v) is 6.42. The number of hydrogen-bond donors (Lipinski definition) is 2. The molecule has 1 unspecified atom stereocenters. The van der Waals surface area contributed by atoms with Crippen LogP contribution in [0.5, 0.6) is 0 Å². The zero-order chi connectivity index (χ0) is 12.7. The zero-order valence-corrected chi connectivity index (χ0v) is 10.5. The van der Waals surface area contributed by atoms with E-state index in [4.69, 9.17) is 5.11 Å². The summed E-state index contributed by atoms with van der Waals surface area (Å²) in [5, 5.41) is 11.6. The first kappa shape index (κ1) is 14.0. The fourth-order valence-corrected chi connectivity index (χ4v) is 1.94. The predicted octanol–water partition coefficient (Wildman–Crippen LogP) is 1.80. The minimum absolute atomic E-state index is 0.0521. The van der Waals surface area contributed by atoms with Crippen LogP contribution in [0.2, 0.25) is 0 Å². The van der Waals surface area contributed by atoms with E-state index in [0.29, 0.717) is 6.42 Å². The SMILES string of the molecule is CCC(CO)NC(=O)CSc1ccc(F)cc1. The average molecular weight is 257 g/mol. The Balaban J connectivity index is 2.35. The van der Waals surface area contributed by atoms with Crippen molar-refractivity contribution in [2.75, 3.05) is 12.4 Å². The molecule has 1 aromatic carbocycles. The lowest BCUT2D eigenvalue weighted by Gasteiger charge is -2.13. The minimum atomic E-state index is -0.287. The monoisotopic (exact) mass is 257 g/mol. The molecule has 0 radical (unpaired) electrons. The maximum absolute atomic E-state index is 12.6. The van der Waals surface area contributed by atoms with Crippen molar-refractivity contribution >= 4 is 17.7 Å². The normalized spacial score (nSPS) is 12.2. The molecule has 94 valence electrons. The number of halogens is 1. The minimum Gasteiger partial charge on any atom is -0.394 e. The quantitative estimate of drug-likeness (QED) is 0.764. The van der Waals surface area contributed by atoms with Crippen molar-refractivity contribution in [3.8, 4) is 0 Å². The largest absolute Gasteiger partial charge is 0.394 e. The van der Waals surface area contributed by atoms with E-state index in [1.54, 1.807) is 12.1 Å². The molecule has 0 fully saturated rings. The molecule has 0 aromatic heterocycles. The van der Waals surface area contributed by atoms with Crippen molar-refractivity contribution < 1.29 is 14.3 Å². The van der Waals surface area contributed by atoms with Crippen LogP contribution in [0, 0.1) is 5.82 Å². The molecule has 0 aliphatic heterocycles. The van der Waals surface area contributed by atoms with Crippen molar-refractivity contribution in [2.45, 2.75) is 24.3 Å². The van der Waals surface area contributed by atoms with E-state index in [-0.39, 0.29) is 30.1 Å². The first-order chi connectivity index (χ1) is 8.15. The summed E-state index contributed by atoms with van der Waals surface area (Å²) < 4.78 is 12.6. The van der Waals surface area contributed by atoms with E-state index in [1.165, 1.54) is 23.9 Å². The highest BCUT2D eigenvalue weighted by molar-refractivity contribution is 8.00. The average Bonchev–Trinajstić information content (AvgIpc) is 2.35. The van der Waals surface area contributed by atoms with Crippen molar-refractivity contribution in [1.82, 2.24) is 5.32 Å². The molecule has 0 heterocycles. The standard InChI is InChI=1S/C12H16FNO2S/c1-2-10(7-15)14-12(16)8-17-11-5-3-9(13)4-6-11/h3-6,10,15H,2,7-8H2,1H3,(H,14,16). The highest BCUT2D eigenvalue weighted by Gasteiger charge is 2.09. The summed E-state index contributed by atoms with van der Waals surface area (Å²) in [5.74, 6) is -0.146. The second kappa shape index (κ2) is 7.29. The number of thioether (sulfide) groups is 1. The summed E-state index contributed by atoms with van der Waals surface area (Å²) in [6, 6.07) is 5.81. The Morgan fingerprint density at radius 1 is 1.47 bits per heavy atom. The maximum atomic E-state index is 12.6. The van der Waals surface area contributed by atoms with Crippen molar-refractivity contribution in [2.24, 2.45) is 0 Å². The van der Waals surface area contributed by atoms with Gasteiger partial charge in [-0.15, -0.1) is 11.8 Å². The van der Waals surface area contributed by atoms with E-state index in [1.807, 2.05) is 6.92 Å². The van der Waals surface area contributed by atoms with E-state index in [9.17, 15) is 9.18 Å². The number of hydrogen-bond acceptors (Lipinski definition) is 3. The molecule has 17 heavy (non-hydrogen) atoms. The number of carbonyl (C=O) groups excluding carboxylic acids is 1. The van der Waals surface area contributed by atoms with Gasteiger partial charge in [0.1, 0.15) is 5.82 Å². The van der Waals surface area contributed by atoms with Crippen LogP contribution in [0.15, 0.2) is 29.2 Å². The van der Waals surface area contributed by atoms with Gasteiger partial charge >= 0.3 is 0 Å².